The summed E-state index contributed by atoms with van der Waals surface area (Å²) in [5, 5.41) is 3.44. The van der Waals surface area contributed by atoms with E-state index in [9.17, 15) is 13.2 Å². The summed E-state index contributed by atoms with van der Waals surface area (Å²) in [5.41, 5.74) is 2.05. The van der Waals surface area contributed by atoms with Crippen LogP contribution >= 0.6 is 11.9 Å². The van der Waals surface area contributed by atoms with Crippen LogP contribution in [0.3, 0.4) is 0 Å². The van der Waals surface area contributed by atoms with E-state index >= 15 is 0 Å². The van der Waals surface area contributed by atoms with Gasteiger partial charge in [0.05, 0.1) is 5.56 Å². The first-order valence-corrected chi connectivity index (χ1v) is 8.70. The average molecular weight is 350 g/mol. The highest BCUT2D eigenvalue weighted by atomic mass is 32.2. The Hall–Kier alpha value is -1.66. The molecule has 0 amide bonds. The molecular formula is C18H17F3N2S. The van der Waals surface area contributed by atoms with E-state index < -0.39 is 11.7 Å². The number of piperidine rings is 1. The second-order valence-corrected chi connectivity index (χ2v) is 7.37. The molecule has 24 heavy (non-hydrogen) atoms. The molecule has 2 atom stereocenters. The zero-order valence-electron chi connectivity index (χ0n) is 12.9. The first kappa shape index (κ1) is 15.8. The number of nitrogens with one attached hydrogen (secondary N) is 2. The normalized spacial score (nSPS) is 25.4. The van der Waals surface area contributed by atoms with Crippen LogP contribution in [0.2, 0.25) is 0 Å². The van der Waals surface area contributed by atoms with Crippen molar-refractivity contribution in [3.05, 3.63) is 59.7 Å². The van der Waals surface area contributed by atoms with E-state index in [1.165, 1.54) is 36.1 Å². The van der Waals surface area contributed by atoms with Gasteiger partial charge in [-0.2, -0.15) is 13.2 Å². The van der Waals surface area contributed by atoms with Crippen molar-refractivity contribution >= 4 is 17.6 Å². The number of benzene rings is 2. The van der Waals surface area contributed by atoms with E-state index in [1.807, 2.05) is 12.1 Å². The molecule has 126 valence electrons. The van der Waals surface area contributed by atoms with Gasteiger partial charge in [-0.15, -0.1) is 0 Å². The van der Waals surface area contributed by atoms with E-state index in [0.29, 0.717) is 5.41 Å². The Kier molecular flexibility index (Phi) is 3.77. The molecule has 2 nitrogen and oxygen atoms in total. The summed E-state index contributed by atoms with van der Waals surface area (Å²) < 4.78 is 40.8. The van der Waals surface area contributed by atoms with Crippen LogP contribution in [0.5, 0.6) is 0 Å². The molecule has 2 fully saturated rings. The van der Waals surface area contributed by atoms with Crippen LogP contribution in [0.1, 0.15) is 17.5 Å². The van der Waals surface area contributed by atoms with E-state index in [1.54, 1.807) is 0 Å². The number of hydrogen-bond donors (Lipinski definition) is 2. The molecule has 2 aromatic rings. The SMILES string of the molecule is FC(F)(F)c1ccc(SNc2ccc([C@]34CNC[C@H]3C4)cc2)cc1. The fraction of sp³-hybridized carbons (Fsp3) is 0.333. The Morgan fingerprint density at radius 1 is 1.04 bits per heavy atom. The Morgan fingerprint density at radius 2 is 1.75 bits per heavy atom. The smallest absolute Gasteiger partial charge is 0.326 e. The molecule has 1 aliphatic heterocycles. The van der Waals surface area contributed by atoms with Crippen molar-refractivity contribution in [2.24, 2.45) is 5.92 Å². The zero-order valence-corrected chi connectivity index (χ0v) is 13.7. The van der Waals surface area contributed by atoms with Gasteiger partial charge in [0.25, 0.3) is 0 Å². The summed E-state index contributed by atoms with van der Waals surface area (Å²) in [6, 6.07) is 13.5. The summed E-state index contributed by atoms with van der Waals surface area (Å²) in [7, 11) is 0. The third-order valence-electron chi connectivity index (χ3n) is 4.99. The Bertz CT molecular complexity index is 727. The lowest BCUT2D eigenvalue weighted by Gasteiger charge is -2.13. The minimum atomic E-state index is -4.29. The number of anilines is 1. The van der Waals surface area contributed by atoms with Gasteiger partial charge < -0.3 is 10.0 Å². The van der Waals surface area contributed by atoms with Crippen molar-refractivity contribution < 1.29 is 13.2 Å². The summed E-state index contributed by atoms with van der Waals surface area (Å²) in [5.74, 6) is 0.776. The number of halogens is 3. The lowest BCUT2D eigenvalue weighted by atomic mass is 9.95. The molecule has 0 unspecified atom stereocenters. The molecule has 1 saturated carbocycles. The predicted molar refractivity (Wildman–Crippen MR) is 90.0 cm³/mol. The molecular weight excluding hydrogens is 333 g/mol. The molecule has 6 heteroatoms. The van der Waals surface area contributed by atoms with Gasteiger partial charge in [-0.05, 0) is 72.8 Å². The largest absolute Gasteiger partial charge is 0.416 e. The quantitative estimate of drug-likeness (QED) is 0.783. The van der Waals surface area contributed by atoms with Crippen molar-refractivity contribution in [2.45, 2.75) is 22.9 Å². The summed E-state index contributed by atoms with van der Waals surface area (Å²) in [6.07, 6.45) is -3.02. The van der Waals surface area contributed by atoms with Crippen LogP contribution in [0.25, 0.3) is 0 Å². The lowest BCUT2D eigenvalue weighted by molar-refractivity contribution is -0.137. The third-order valence-corrected chi connectivity index (χ3v) is 5.84. The van der Waals surface area contributed by atoms with E-state index in [4.69, 9.17) is 0 Å². The highest BCUT2D eigenvalue weighted by Gasteiger charge is 2.57. The summed E-state index contributed by atoms with van der Waals surface area (Å²) >= 11 is 1.31. The second-order valence-electron chi connectivity index (χ2n) is 6.49. The highest BCUT2D eigenvalue weighted by molar-refractivity contribution is 8.00. The Morgan fingerprint density at radius 3 is 2.29 bits per heavy atom. The Balaban J connectivity index is 1.38. The topological polar surface area (TPSA) is 24.1 Å². The van der Waals surface area contributed by atoms with Crippen molar-refractivity contribution in [3.8, 4) is 0 Å². The van der Waals surface area contributed by atoms with E-state index in [2.05, 4.69) is 22.2 Å². The fourth-order valence-electron chi connectivity index (χ4n) is 3.49. The van der Waals surface area contributed by atoms with Crippen LogP contribution in [0.4, 0.5) is 18.9 Å². The van der Waals surface area contributed by atoms with Gasteiger partial charge in [0.2, 0.25) is 0 Å². The number of alkyl halides is 3. The van der Waals surface area contributed by atoms with Gasteiger partial charge in [-0.25, -0.2) is 0 Å². The average Bonchev–Trinajstić information content (AvgIpc) is 3.14. The predicted octanol–water partition coefficient (Wildman–Crippen LogP) is 4.69. The highest BCUT2D eigenvalue weighted by Crippen LogP contribution is 2.56. The zero-order chi connectivity index (χ0) is 16.8. The molecule has 2 aliphatic rings. The maximum atomic E-state index is 12.5. The second kappa shape index (κ2) is 5.70. The van der Waals surface area contributed by atoms with Crippen molar-refractivity contribution in [1.29, 1.82) is 0 Å². The number of rotatable bonds is 4. The maximum Gasteiger partial charge on any atom is 0.416 e. The van der Waals surface area contributed by atoms with Crippen LogP contribution in [-0.4, -0.2) is 13.1 Å². The van der Waals surface area contributed by atoms with Gasteiger partial charge >= 0.3 is 6.18 Å². The van der Waals surface area contributed by atoms with Gasteiger partial charge in [-0.1, -0.05) is 12.1 Å². The van der Waals surface area contributed by atoms with E-state index in [-0.39, 0.29) is 0 Å². The van der Waals surface area contributed by atoms with Crippen molar-refractivity contribution in [3.63, 3.8) is 0 Å². The summed E-state index contributed by atoms with van der Waals surface area (Å²) in [6.45, 7) is 2.18. The van der Waals surface area contributed by atoms with Crippen LogP contribution in [-0.2, 0) is 11.6 Å². The molecule has 1 aliphatic carbocycles. The molecule has 4 rings (SSSR count). The van der Waals surface area contributed by atoms with Crippen LogP contribution in [0.15, 0.2) is 53.4 Å². The molecule has 1 saturated heterocycles. The molecule has 0 radical (unpaired) electrons. The summed E-state index contributed by atoms with van der Waals surface area (Å²) in [4.78, 5) is 0.743. The van der Waals surface area contributed by atoms with Crippen LogP contribution < -0.4 is 10.0 Å². The minimum Gasteiger partial charge on any atom is -0.326 e. The number of fused-ring (bicyclic) bond motifs is 1. The monoisotopic (exact) mass is 350 g/mol. The van der Waals surface area contributed by atoms with Gasteiger partial charge in [0, 0.05) is 22.5 Å². The molecule has 2 aromatic carbocycles. The lowest BCUT2D eigenvalue weighted by Crippen LogP contribution is -2.19. The third kappa shape index (κ3) is 2.89. The Labute approximate surface area is 143 Å². The first-order chi connectivity index (χ1) is 11.5. The first-order valence-electron chi connectivity index (χ1n) is 7.89. The molecule has 2 N–H and O–H groups in total. The molecule has 1 heterocycles. The van der Waals surface area contributed by atoms with Crippen molar-refractivity contribution in [1.82, 2.24) is 5.32 Å². The standard InChI is InChI=1S/C18H17F3N2S/c19-18(20,21)13-3-7-16(8-4-13)24-23-15-5-1-12(2-6-15)17-9-14(17)10-22-11-17/h1-8,14,22-23H,9-11H2/t14-,17+/m1/s1. The fourth-order valence-corrected chi connectivity index (χ4v) is 4.13. The van der Waals surface area contributed by atoms with Crippen molar-refractivity contribution in [2.75, 3.05) is 17.8 Å². The van der Waals surface area contributed by atoms with E-state index in [0.717, 1.165) is 41.7 Å². The minimum absolute atomic E-state index is 0.346. The van der Waals surface area contributed by atoms with Gasteiger partial charge in [-0.3, -0.25) is 0 Å². The molecule has 0 aromatic heterocycles. The molecule has 0 spiro atoms. The maximum absolute atomic E-state index is 12.5. The van der Waals surface area contributed by atoms with Crippen LogP contribution in [0, 0.1) is 5.92 Å². The van der Waals surface area contributed by atoms with Gasteiger partial charge in [0.1, 0.15) is 0 Å². The molecule has 0 bridgehead atoms. The van der Waals surface area contributed by atoms with Gasteiger partial charge in [0.15, 0.2) is 0 Å². The number of hydrogen-bond acceptors (Lipinski definition) is 3.